The summed E-state index contributed by atoms with van der Waals surface area (Å²) in [6.07, 6.45) is 7.25. The quantitative estimate of drug-likeness (QED) is 0.285. The number of amides is 2. The van der Waals surface area contributed by atoms with Gasteiger partial charge in [0.2, 0.25) is 11.8 Å². The smallest absolute Gasteiger partial charge is 0.475 e. The predicted molar refractivity (Wildman–Crippen MR) is 125 cm³/mol. The first-order chi connectivity index (χ1) is 16.5. The minimum Gasteiger partial charge on any atom is -0.475 e. The fraction of sp³-hybridized carbons (Fsp3) is 0.261. The second-order valence-corrected chi connectivity index (χ2v) is 7.50. The molecule has 2 aromatic heterocycles. The van der Waals surface area contributed by atoms with Crippen LogP contribution < -0.4 is 15.4 Å². The Hall–Kier alpha value is -3.83. The lowest BCUT2D eigenvalue weighted by Gasteiger charge is -2.23. The van der Waals surface area contributed by atoms with Crippen LogP contribution in [-0.2, 0) is 11.2 Å². The predicted octanol–water partition coefficient (Wildman–Crippen LogP) is 0.569. The topological polar surface area (TPSA) is 147 Å². The summed E-state index contributed by atoms with van der Waals surface area (Å²) in [4.78, 5) is 37.4. The van der Waals surface area contributed by atoms with Crippen molar-refractivity contribution in [2.45, 2.75) is 31.2 Å². The van der Waals surface area contributed by atoms with Crippen LogP contribution in [0, 0.1) is 0 Å². The van der Waals surface area contributed by atoms with Crippen molar-refractivity contribution in [3.05, 3.63) is 84.6 Å². The van der Waals surface area contributed by atoms with Crippen molar-refractivity contribution in [3.63, 3.8) is 0 Å². The standard InChI is InChI=1S/C23H26BN5O5/c30-22(18-15-25-13-14-26-18)28-19(16-34-21-11-4-5-12-27-21)23(31)29-20(24(32)33)10-6-9-17-7-2-1-3-8-17/h1-5,7-8,11-15,19-20,32-33H,6,9-10,16H2,(H,28,30)(H,29,31)/t19-,20+/m1/s1. The van der Waals surface area contributed by atoms with Gasteiger partial charge in [-0.3, -0.25) is 14.6 Å². The fourth-order valence-corrected chi connectivity index (χ4v) is 3.18. The summed E-state index contributed by atoms with van der Waals surface area (Å²) in [7, 11) is -1.77. The van der Waals surface area contributed by atoms with Crippen LogP contribution in [0.4, 0.5) is 0 Å². The molecule has 0 bridgehead atoms. The number of nitrogens with zero attached hydrogens (tertiary/aromatic N) is 3. The molecule has 176 valence electrons. The van der Waals surface area contributed by atoms with E-state index < -0.39 is 30.9 Å². The van der Waals surface area contributed by atoms with E-state index in [0.29, 0.717) is 12.8 Å². The number of pyridine rings is 1. The third-order valence-corrected chi connectivity index (χ3v) is 4.96. The molecule has 0 aliphatic heterocycles. The second kappa shape index (κ2) is 13.0. The number of hydrogen-bond acceptors (Lipinski definition) is 8. The molecule has 3 aromatic rings. The molecule has 0 unspecified atom stereocenters. The van der Waals surface area contributed by atoms with Crippen LogP contribution in [0.25, 0.3) is 0 Å². The van der Waals surface area contributed by atoms with E-state index >= 15 is 0 Å². The number of aryl methyl sites for hydroxylation is 1. The Morgan fingerprint density at radius 1 is 0.971 bits per heavy atom. The van der Waals surface area contributed by atoms with Gasteiger partial charge in [0.1, 0.15) is 18.3 Å². The van der Waals surface area contributed by atoms with Crippen LogP contribution in [0.2, 0.25) is 0 Å². The van der Waals surface area contributed by atoms with Gasteiger partial charge >= 0.3 is 7.12 Å². The Balaban J connectivity index is 1.64. The molecule has 10 nitrogen and oxygen atoms in total. The SMILES string of the molecule is O=C(N[C@H](COc1ccccn1)C(=O)N[C@@H](CCCc1ccccc1)B(O)O)c1cnccn1. The molecule has 4 N–H and O–H groups in total. The van der Waals surface area contributed by atoms with Gasteiger partial charge in [-0.15, -0.1) is 0 Å². The minimum atomic E-state index is -1.77. The van der Waals surface area contributed by atoms with E-state index in [0.717, 1.165) is 12.0 Å². The number of hydrogen-bond donors (Lipinski definition) is 4. The molecule has 0 saturated heterocycles. The van der Waals surface area contributed by atoms with Crippen LogP contribution in [0.3, 0.4) is 0 Å². The van der Waals surface area contributed by atoms with Gasteiger partial charge in [0.15, 0.2) is 0 Å². The van der Waals surface area contributed by atoms with E-state index in [2.05, 4.69) is 25.6 Å². The molecule has 1 aromatic carbocycles. The van der Waals surface area contributed by atoms with Crippen molar-refractivity contribution in [1.29, 1.82) is 0 Å². The number of carbonyl (C=O) groups excluding carboxylic acids is 2. The molecule has 11 heteroatoms. The molecule has 2 amide bonds. The molecule has 3 rings (SSSR count). The second-order valence-electron chi connectivity index (χ2n) is 7.50. The van der Waals surface area contributed by atoms with Crippen molar-refractivity contribution in [2.75, 3.05) is 6.61 Å². The zero-order valence-corrected chi connectivity index (χ0v) is 18.4. The first-order valence-corrected chi connectivity index (χ1v) is 10.8. The molecule has 0 fully saturated rings. The Bertz CT molecular complexity index is 1030. The number of carbonyl (C=O) groups is 2. The average Bonchev–Trinajstić information content (AvgIpc) is 2.87. The van der Waals surface area contributed by atoms with E-state index in [1.165, 1.54) is 24.8 Å². The fourth-order valence-electron chi connectivity index (χ4n) is 3.18. The van der Waals surface area contributed by atoms with Gasteiger partial charge in [0.05, 0.1) is 12.1 Å². The van der Waals surface area contributed by atoms with Crippen LogP contribution in [0.5, 0.6) is 5.88 Å². The molecule has 2 heterocycles. The van der Waals surface area contributed by atoms with Gasteiger partial charge in [-0.2, -0.15) is 0 Å². The molecule has 0 saturated carbocycles. The van der Waals surface area contributed by atoms with Crippen molar-refractivity contribution in [1.82, 2.24) is 25.6 Å². The normalized spacial score (nSPS) is 12.3. The van der Waals surface area contributed by atoms with E-state index in [1.807, 2.05) is 30.3 Å². The molecule has 0 aliphatic rings. The number of aromatic nitrogens is 3. The lowest BCUT2D eigenvalue weighted by molar-refractivity contribution is -0.124. The minimum absolute atomic E-state index is 0.0275. The van der Waals surface area contributed by atoms with Gasteiger partial charge in [-0.1, -0.05) is 36.4 Å². The van der Waals surface area contributed by atoms with E-state index in [1.54, 1.807) is 18.2 Å². The highest BCUT2D eigenvalue weighted by atomic mass is 16.5. The number of nitrogens with one attached hydrogen (secondary N) is 2. The maximum absolute atomic E-state index is 13.0. The number of ether oxygens (including phenoxy) is 1. The zero-order valence-electron chi connectivity index (χ0n) is 18.4. The molecule has 0 aliphatic carbocycles. The van der Waals surface area contributed by atoms with Gasteiger partial charge in [0.25, 0.3) is 5.91 Å². The maximum Gasteiger partial charge on any atom is 0.475 e. The highest BCUT2D eigenvalue weighted by Crippen LogP contribution is 2.09. The van der Waals surface area contributed by atoms with Crippen molar-refractivity contribution in [3.8, 4) is 5.88 Å². The van der Waals surface area contributed by atoms with Crippen molar-refractivity contribution in [2.24, 2.45) is 0 Å². The molecule has 2 atom stereocenters. The number of rotatable bonds is 12. The Morgan fingerprint density at radius 3 is 2.44 bits per heavy atom. The van der Waals surface area contributed by atoms with Gasteiger partial charge in [0, 0.05) is 24.7 Å². The molecule has 34 heavy (non-hydrogen) atoms. The van der Waals surface area contributed by atoms with Gasteiger partial charge < -0.3 is 25.4 Å². The maximum atomic E-state index is 13.0. The highest BCUT2D eigenvalue weighted by Gasteiger charge is 2.30. The van der Waals surface area contributed by atoms with E-state index in [4.69, 9.17) is 4.74 Å². The third kappa shape index (κ3) is 7.94. The highest BCUT2D eigenvalue weighted by molar-refractivity contribution is 6.43. The summed E-state index contributed by atoms with van der Waals surface area (Å²) in [6.45, 7) is -0.229. The summed E-state index contributed by atoms with van der Waals surface area (Å²) in [5, 5.41) is 24.8. The monoisotopic (exact) mass is 463 g/mol. The molecular formula is C23H26BN5O5. The summed E-state index contributed by atoms with van der Waals surface area (Å²) in [5.74, 6) is -1.91. The first kappa shape index (κ1) is 24.8. The lowest BCUT2D eigenvalue weighted by Crippen LogP contribution is -2.55. The van der Waals surface area contributed by atoms with Gasteiger partial charge in [-0.25, -0.2) is 9.97 Å². The van der Waals surface area contributed by atoms with Crippen LogP contribution >= 0.6 is 0 Å². The number of benzene rings is 1. The summed E-state index contributed by atoms with van der Waals surface area (Å²) in [5.41, 5.74) is 1.14. The van der Waals surface area contributed by atoms with Crippen molar-refractivity contribution >= 4 is 18.9 Å². The van der Waals surface area contributed by atoms with Crippen LogP contribution in [-0.4, -0.2) is 62.5 Å². The van der Waals surface area contributed by atoms with Crippen LogP contribution in [0.15, 0.2) is 73.3 Å². The van der Waals surface area contributed by atoms with Gasteiger partial charge in [-0.05, 0) is 30.9 Å². The van der Waals surface area contributed by atoms with E-state index in [9.17, 15) is 19.6 Å². The Morgan fingerprint density at radius 2 is 1.76 bits per heavy atom. The van der Waals surface area contributed by atoms with E-state index in [-0.39, 0.29) is 18.2 Å². The lowest BCUT2D eigenvalue weighted by atomic mass is 9.76. The molecular weight excluding hydrogens is 437 g/mol. The summed E-state index contributed by atoms with van der Waals surface area (Å²) in [6, 6.07) is 13.7. The third-order valence-electron chi connectivity index (χ3n) is 4.96. The zero-order chi connectivity index (χ0) is 24.2. The largest absolute Gasteiger partial charge is 0.475 e. The average molecular weight is 463 g/mol. The molecule has 0 radical (unpaired) electrons. The molecule has 0 spiro atoms. The first-order valence-electron chi connectivity index (χ1n) is 10.8. The van der Waals surface area contributed by atoms with Crippen molar-refractivity contribution < 1.29 is 24.4 Å². The summed E-state index contributed by atoms with van der Waals surface area (Å²) >= 11 is 0. The Labute approximate surface area is 197 Å². The summed E-state index contributed by atoms with van der Waals surface area (Å²) < 4.78 is 5.56. The van der Waals surface area contributed by atoms with Crippen LogP contribution in [0.1, 0.15) is 28.9 Å². The Kier molecular flexibility index (Phi) is 9.50.